The van der Waals surface area contributed by atoms with E-state index in [4.69, 9.17) is 21.3 Å². The van der Waals surface area contributed by atoms with E-state index in [1.54, 1.807) is 72.9 Å². The number of amides is 2. The summed E-state index contributed by atoms with van der Waals surface area (Å²) in [7, 11) is 0. The zero-order valence-corrected chi connectivity index (χ0v) is 19.5. The summed E-state index contributed by atoms with van der Waals surface area (Å²) in [6, 6.07) is 18.5. The van der Waals surface area contributed by atoms with E-state index in [-0.39, 0.29) is 5.78 Å². The predicted molar refractivity (Wildman–Crippen MR) is 137 cm³/mol. The molecule has 0 aliphatic carbocycles. The molecule has 1 aromatic heterocycles. The van der Waals surface area contributed by atoms with E-state index in [9.17, 15) is 9.59 Å². The quantitative estimate of drug-likeness (QED) is 0.385. The number of fused-ring (bicyclic) bond motifs is 1. The van der Waals surface area contributed by atoms with Crippen LogP contribution < -0.4 is 15.5 Å². The largest absolute Gasteiger partial charge is 0.378 e. The lowest BCUT2D eigenvalue weighted by Gasteiger charge is -2.27. The summed E-state index contributed by atoms with van der Waals surface area (Å²) in [4.78, 5) is 36.9. The maximum absolute atomic E-state index is 13.2. The van der Waals surface area contributed by atoms with Gasteiger partial charge in [0.25, 0.3) is 0 Å². The molecule has 3 aromatic carbocycles. The van der Waals surface area contributed by atoms with Crippen molar-refractivity contribution < 1.29 is 14.3 Å². The Kier molecular flexibility index (Phi) is 6.56. The molecule has 2 N–H and O–H groups in total. The second-order valence-electron chi connectivity index (χ2n) is 8.03. The number of rotatable bonds is 5. The number of urea groups is 1. The van der Waals surface area contributed by atoms with Crippen molar-refractivity contribution in [3.05, 3.63) is 89.1 Å². The predicted octanol–water partition coefficient (Wildman–Crippen LogP) is 4.99. The van der Waals surface area contributed by atoms with E-state index in [1.165, 1.54) is 0 Å². The fraction of sp³-hybridized carbons (Fsp3) is 0.154. The summed E-state index contributed by atoms with van der Waals surface area (Å²) in [6.45, 7) is 2.81. The number of nitrogens with one attached hydrogen (secondary N) is 2. The van der Waals surface area contributed by atoms with Crippen LogP contribution in [-0.4, -0.2) is 48.1 Å². The highest BCUT2D eigenvalue weighted by molar-refractivity contribution is 6.30. The monoisotopic (exact) mass is 487 g/mol. The molecule has 2 amide bonds. The number of carbonyl (C=O) groups excluding carboxylic acids is 2. The van der Waals surface area contributed by atoms with Gasteiger partial charge in [-0.15, -0.1) is 0 Å². The lowest BCUT2D eigenvalue weighted by Crippen LogP contribution is -2.36. The van der Waals surface area contributed by atoms with Crippen molar-refractivity contribution in [2.24, 2.45) is 0 Å². The van der Waals surface area contributed by atoms with Crippen molar-refractivity contribution >= 4 is 51.6 Å². The van der Waals surface area contributed by atoms with Crippen LogP contribution in [0.15, 0.2) is 72.9 Å². The van der Waals surface area contributed by atoms with Gasteiger partial charge in [-0.2, -0.15) is 0 Å². The highest BCUT2D eigenvalue weighted by Gasteiger charge is 2.15. The molecule has 1 aliphatic heterocycles. The lowest BCUT2D eigenvalue weighted by atomic mass is 10.0. The van der Waals surface area contributed by atoms with Crippen molar-refractivity contribution in [3.8, 4) is 0 Å². The molecule has 0 spiro atoms. The lowest BCUT2D eigenvalue weighted by molar-refractivity contribution is 0.103. The van der Waals surface area contributed by atoms with Gasteiger partial charge in [0, 0.05) is 40.6 Å². The SMILES string of the molecule is O=C(Nc1cccc(Cl)c1)Nc1cccc(C(=O)c2ccc3ncc(N4CCOCC4)nc3c2)c1. The van der Waals surface area contributed by atoms with Crippen LogP contribution in [0.3, 0.4) is 0 Å². The van der Waals surface area contributed by atoms with E-state index < -0.39 is 6.03 Å². The van der Waals surface area contributed by atoms with E-state index >= 15 is 0 Å². The Labute approximate surface area is 206 Å². The smallest absolute Gasteiger partial charge is 0.323 e. The van der Waals surface area contributed by atoms with Crippen LogP contribution in [0.4, 0.5) is 22.0 Å². The normalized spacial score (nSPS) is 13.5. The van der Waals surface area contributed by atoms with Gasteiger partial charge in [-0.1, -0.05) is 29.8 Å². The van der Waals surface area contributed by atoms with Crippen LogP contribution in [0, 0.1) is 0 Å². The Morgan fingerprint density at radius 3 is 2.34 bits per heavy atom. The van der Waals surface area contributed by atoms with Gasteiger partial charge in [-0.25, -0.2) is 9.78 Å². The van der Waals surface area contributed by atoms with E-state index in [2.05, 4.69) is 20.5 Å². The molecule has 2 heterocycles. The molecular formula is C26H22ClN5O3. The van der Waals surface area contributed by atoms with Gasteiger partial charge in [0.05, 0.1) is 30.4 Å². The summed E-state index contributed by atoms with van der Waals surface area (Å²) in [6.07, 6.45) is 1.75. The Morgan fingerprint density at radius 1 is 0.857 bits per heavy atom. The average molecular weight is 488 g/mol. The van der Waals surface area contributed by atoms with Crippen molar-refractivity contribution in [2.75, 3.05) is 41.8 Å². The van der Waals surface area contributed by atoms with Crippen LogP contribution in [0.1, 0.15) is 15.9 Å². The minimum absolute atomic E-state index is 0.177. The molecule has 1 saturated heterocycles. The molecule has 0 atom stereocenters. The first kappa shape index (κ1) is 22.8. The van der Waals surface area contributed by atoms with Crippen LogP contribution in [-0.2, 0) is 4.74 Å². The third-order valence-corrected chi connectivity index (χ3v) is 5.83. The number of halogens is 1. The second-order valence-corrected chi connectivity index (χ2v) is 8.47. The van der Waals surface area contributed by atoms with Crippen LogP contribution >= 0.6 is 11.6 Å². The maximum Gasteiger partial charge on any atom is 0.323 e. The molecule has 0 radical (unpaired) electrons. The van der Waals surface area contributed by atoms with Gasteiger partial charge in [-0.3, -0.25) is 9.78 Å². The van der Waals surface area contributed by atoms with Crippen molar-refractivity contribution in [3.63, 3.8) is 0 Å². The molecule has 0 bridgehead atoms. The summed E-state index contributed by atoms with van der Waals surface area (Å²) >= 11 is 5.96. The number of hydrogen-bond acceptors (Lipinski definition) is 6. The Morgan fingerprint density at radius 2 is 1.57 bits per heavy atom. The summed E-state index contributed by atoms with van der Waals surface area (Å²) in [5.41, 5.74) is 3.36. The second kappa shape index (κ2) is 10.1. The standard InChI is InChI=1S/C26H22ClN5O3/c27-19-4-2-6-21(15-19)30-26(34)29-20-5-1-3-17(13-20)25(33)18-7-8-22-23(14-18)31-24(16-28-22)32-9-11-35-12-10-32/h1-8,13-16H,9-12H2,(H2,29,30,34). The van der Waals surface area contributed by atoms with Crippen LogP contribution in [0.5, 0.6) is 0 Å². The van der Waals surface area contributed by atoms with Gasteiger partial charge < -0.3 is 20.3 Å². The molecule has 1 fully saturated rings. The van der Waals surface area contributed by atoms with Gasteiger partial charge >= 0.3 is 6.03 Å². The third kappa shape index (κ3) is 5.40. The highest BCUT2D eigenvalue weighted by Crippen LogP contribution is 2.21. The Bertz CT molecular complexity index is 1400. The van der Waals surface area contributed by atoms with E-state index in [0.717, 1.165) is 18.9 Å². The Balaban J connectivity index is 1.33. The number of morpholine rings is 1. The van der Waals surface area contributed by atoms with Crippen molar-refractivity contribution in [1.82, 2.24) is 9.97 Å². The summed E-state index contributed by atoms with van der Waals surface area (Å²) in [5, 5.41) is 5.99. The Hall–Kier alpha value is -4.01. The number of ketones is 1. The topological polar surface area (TPSA) is 96.5 Å². The van der Waals surface area contributed by atoms with E-state index in [1.807, 2.05) is 0 Å². The molecule has 8 nitrogen and oxygen atoms in total. The zero-order chi connectivity index (χ0) is 24.2. The minimum atomic E-state index is -0.437. The number of anilines is 3. The number of carbonyl (C=O) groups is 2. The molecular weight excluding hydrogens is 466 g/mol. The molecule has 35 heavy (non-hydrogen) atoms. The zero-order valence-electron chi connectivity index (χ0n) is 18.7. The number of benzene rings is 3. The van der Waals surface area contributed by atoms with Gasteiger partial charge in [-0.05, 0) is 48.5 Å². The van der Waals surface area contributed by atoms with E-state index in [0.29, 0.717) is 51.8 Å². The van der Waals surface area contributed by atoms with Gasteiger partial charge in [0.15, 0.2) is 5.78 Å². The first-order valence-corrected chi connectivity index (χ1v) is 11.5. The molecule has 176 valence electrons. The summed E-state index contributed by atoms with van der Waals surface area (Å²) in [5.74, 6) is 0.590. The van der Waals surface area contributed by atoms with Crippen LogP contribution in [0.2, 0.25) is 5.02 Å². The van der Waals surface area contributed by atoms with Crippen molar-refractivity contribution in [2.45, 2.75) is 0 Å². The van der Waals surface area contributed by atoms with Crippen molar-refractivity contribution in [1.29, 1.82) is 0 Å². The fourth-order valence-corrected chi connectivity index (χ4v) is 4.04. The summed E-state index contributed by atoms with van der Waals surface area (Å²) < 4.78 is 5.41. The van der Waals surface area contributed by atoms with Gasteiger partial charge in [0.2, 0.25) is 0 Å². The number of hydrogen-bond donors (Lipinski definition) is 2. The fourth-order valence-electron chi connectivity index (χ4n) is 3.85. The highest BCUT2D eigenvalue weighted by atomic mass is 35.5. The molecule has 5 rings (SSSR count). The number of ether oxygens (including phenoxy) is 1. The first-order chi connectivity index (χ1) is 17.0. The molecule has 4 aromatic rings. The number of aromatic nitrogens is 2. The molecule has 0 unspecified atom stereocenters. The maximum atomic E-state index is 13.2. The number of nitrogens with zero attached hydrogens (tertiary/aromatic N) is 3. The molecule has 0 saturated carbocycles. The van der Waals surface area contributed by atoms with Crippen LogP contribution in [0.25, 0.3) is 11.0 Å². The molecule has 9 heteroatoms. The average Bonchev–Trinajstić information content (AvgIpc) is 2.88. The van der Waals surface area contributed by atoms with Gasteiger partial charge in [0.1, 0.15) is 5.82 Å². The minimum Gasteiger partial charge on any atom is -0.378 e. The first-order valence-electron chi connectivity index (χ1n) is 11.1. The third-order valence-electron chi connectivity index (χ3n) is 5.59. The molecule has 1 aliphatic rings.